The number of hydrogen-bond acceptors (Lipinski definition) is 3. The first-order chi connectivity index (χ1) is 7.49. The number of urea groups is 1. The van der Waals surface area contributed by atoms with E-state index in [9.17, 15) is 14.4 Å². The van der Waals surface area contributed by atoms with Crippen molar-refractivity contribution in [2.75, 3.05) is 13.1 Å². The van der Waals surface area contributed by atoms with Gasteiger partial charge in [-0.15, -0.1) is 0 Å². The number of nitrogens with zero attached hydrogens (tertiary/aromatic N) is 1. The molecule has 1 aliphatic rings. The van der Waals surface area contributed by atoms with Gasteiger partial charge in [-0.25, -0.2) is 9.59 Å². The van der Waals surface area contributed by atoms with Crippen molar-refractivity contribution < 1.29 is 19.5 Å². The van der Waals surface area contributed by atoms with E-state index in [0.717, 1.165) is 12.5 Å². The van der Waals surface area contributed by atoms with E-state index in [2.05, 4.69) is 5.32 Å². The molecule has 0 radical (unpaired) electrons. The highest BCUT2D eigenvalue weighted by Gasteiger charge is 2.23. The first-order valence-electron chi connectivity index (χ1n) is 5.00. The molecule has 1 heterocycles. The fourth-order valence-electron chi connectivity index (χ4n) is 1.49. The van der Waals surface area contributed by atoms with E-state index in [-0.39, 0.29) is 0 Å². The van der Waals surface area contributed by atoms with E-state index < -0.39 is 17.9 Å². The molecule has 0 aromatic carbocycles. The third-order valence-corrected chi connectivity index (χ3v) is 2.32. The number of likely N-dealkylation sites (tertiary alicyclic amines) is 1. The van der Waals surface area contributed by atoms with Gasteiger partial charge in [-0.2, -0.15) is 0 Å². The zero-order chi connectivity index (χ0) is 12.1. The van der Waals surface area contributed by atoms with Crippen LogP contribution in [0, 0.1) is 5.92 Å². The van der Waals surface area contributed by atoms with Gasteiger partial charge in [0.25, 0.3) is 5.91 Å². The summed E-state index contributed by atoms with van der Waals surface area (Å²) in [5.41, 5.74) is 0. The fourth-order valence-corrected chi connectivity index (χ4v) is 1.49. The quantitative estimate of drug-likeness (QED) is 0.659. The number of carboxylic acid groups (broad SMARTS) is 1. The van der Waals surface area contributed by atoms with Crippen molar-refractivity contribution in [3.63, 3.8) is 0 Å². The Labute approximate surface area is 92.9 Å². The lowest BCUT2D eigenvalue weighted by molar-refractivity contribution is -0.131. The Morgan fingerprint density at radius 3 is 2.56 bits per heavy atom. The third-order valence-electron chi connectivity index (χ3n) is 2.32. The summed E-state index contributed by atoms with van der Waals surface area (Å²) in [4.78, 5) is 34.2. The predicted octanol–water partition coefficient (Wildman–Crippen LogP) is 0.205. The molecular formula is C10H14N2O4. The SMILES string of the molecule is CC1CCN(C(=O)NC(=O)C=CC(=O)O)C1. The van der Waals surface area contributed by atoms with Crippen LogP contribution >= 0.6 is 0 Å². The number of imide groups is 1. The maximum absolute atomic E-state index is 11.5. The Morgan fingerprint density at radius 2 is 2.06 bits per heavy atom. The maximum atomic E-state index is 11.5. The van der Waals surface area contributed by atoms with E-state index >= 15 is 0 Å². The van der Waals surface area contributed by atoms with Gasteiger partial charge in [0.2, 0.25) is 0 Å². The molecule has 0 bridgehead atoms. The minimum atomic E-state index is -1.22. The highest BCUT2D eigenvalue weighted by molar-refractivity contribution is 6.02. The van der Waals surface area contributed by atoms with E-state index in [4.69, 9.17) is 5.11 Å². The monoisotopic (exact) mass is 226 g/mol. The van der Waals surface area contributed by atoms with Crippen LogP contribution in [0.25, 0.3) is 0 Å². The van der Waals surface area contributed by atoms with Crippen LogP contribution in [-0.4, -0.2) is 41.0 Å². The third kappa shape index (κ3) is 3.72. The molecule has 0 aromatic heterocycles. The number of amides is 3. The topological polar surface area (TPSA) is 86.7 Å². The second kappa shape index (κ2) is 5.29. The molecule has 1 rings (SSSR count). The molecule has 6 heteroatoms. The normalized spacial score (nSPS) is 20.1. The molecule has 0 aromatic rings. The largest absolute Gasteiger partial charge is 0.478 e. The number of hydrogen-bond donors (Lipinski definition) is 2. The van der Waals surface area contributed by atoms with Crippen molar-refractivity contribution in [3.05, 3.63) is 12.2 Å². The lowest BCUT2D eigenvalue weighted by Gasteiger charge is -2.14. The van der Waals surface area contributed by atoms with Crippen LogP contribution in [0.2, 0.25) is 0 Å². The Hall–Kier alpha value is -1.85. The molecule has 6 nitrogen and oxygen atoms in total. The Morgan fingerprint density at radius 1 is 1.38 bits per heavy atom. The minimum Gasteiger partial charge on any atom is -0.478 e. The average Bonchev–Trinajstić information content (AvgIpc) is 2.62. The van der Waals surface area contributed by atoms with Crippen molar-refractivity contribution in [2.45, 2.75) is 13.3 Å². The predicted molar refractivity (Wildman–Crippen MR) is 55.7 cm³/mol. The van der Waals surface area contributed by atoms with Crippen LogP contribution in [-0.2, 0) is 9.59 Å². The van der Waals surface area contributed by atoms with Crippen LogP contribution in [0.1, 0.15) is 13.3 Å². The summed E-state index contributed by atoms with van der Waals surface area (Å²) in [6.07, 6.45) is 2.43. The van der Waals surface area contributed by atoms with E-state index in [1.807, 2.05) is 6.92 Å². The summed E-state index contributed by atoms with van der Waals surface area (Å²) in [6, 6.07) is -0.468. The maximum Gasteiger partial charge on any atom is 0.328 e. The van der Waals surface area contributed by atoms with Gasteiger partial charge in [-0.3, -0.25) is 10.1 Å². The summed E-state index contributed by atoms with van der Waals surface area (Å²) in [5.74, 6) is -1.50. The van der Waals surface area contributed by atoms with E-state index in [1.165, 1.54) is 4.90 Å². The number of aliphatic carboxylic acids is 1. The summed E-state index contributed by atoms with van der Waals surface area (Å²) in [6.45, 7) is 3.28. The van der Waals surface area contributed by atoms with Gasteiger partial charge in [-0.1, -0.05) is 6.92 Å². The Balaban J connectivity index is 2.39. The molecule has 0 spiro atoms. The van der Waals surface area contributed by atoms with Crippen LogP contribution in [0.5, 0.6) is 0 Å². The van der Waals surface area contributed by atoms with Gasteiger partial charge in [-0.05, 0) is 12.3 Å². The highest BCUT2D eigenvalue weighted by Crippen LogP contribution is 2.14. The van der Waals surface area contributed by atoms with Gasteiger partial charge < -0.3 is 10.0 Å². The zero-order valence-corrected chi connectivity index (χ0v) is 8.97. The zero-order valence-electron chi connectivity index (χ0n) is 8.97. The standard InChI is InChI=1S/C10H14N2O4/c1-7-4-5-12(6-7)10(16)11-8(13)2-3-9(14)15/h2-3,7H,4-6H2,1H3,(H,14,15)(H,11,13,16). The minimum absolute atomic E-state index is 0.440. The van der Waals surface area contributed by atoms with E-state index in [1.54, 1.807) is 0 Å². The molecule has 1 unspecified atom stereocenters. The van der Waals surface area contributed by atoms with Gasteiger partial charge in [0.15, 0.2) is 0 Å². The molecule has 3 amide bonds. The molecule has 1 atom stereocenters. The molecule has 0 aliphatic carbocycles. The molecule has 88 valence electrons. The van der Waals surface area contributed by atoms with Crippen LogP contribution in [0.15, 0.2) is 12.2 Å². The number of nitrogens with one attached hydrogen (secondary N) is 1. The number of carboxylic acids is 1. The molecule has 1 saturated heterocycles. The molecular weight excluding hydrogens is 212 g/mol. The number of rotatable bonds is 2. The average molecular weight is 226 g/mol. The van der Waals surface area contributed by atoms with Crippen LogP contribution in [0.3, 0.4) is 0 Å². The highest BCUT2D eigenvalue weighted by atomic mass is 16.4. The molecule has 16 heavy (non-hydrogen) atoms. The van der Waals surface area contributed by atoms with Crippen molar-refractivity contribution in [1.29, 1.82) is 0 Å². The Bertz CT molecular complexity index is 338. The summed E-state index contributed by atoms with van der Waals surface area (Å²) < 4.78 is 0. The number of carbonyl (C=O) groups is 3. The van der Waals surface area contributed by atoms with Gasteiger partial charge in [0, 0.05) is 25.2 Å². The summed E-state index contributed by atoms with van der Waals surface area (Å²) in [5, 5.41) is 10.4. The first-order valence-corrected chi connectivity index (χ1v) is 5.00. The van der Waals surface area contributed by atoms with E-state index in [0.29, 0.717) is 25.1 Å². The van der Waals surface area contributed by atoms with Gasteiger partial charge >= 0.3 is 12.0 Å². The second-order valence-electron chi connectivity index (χ2n) is 3.81. The van der Waals surface area contributed by atoms with Gasteiger partial charge in [0.05, 0.1) is 0 Å². The van der Waals surface area contributed by atoms with Crippen molar-refractivity contribution in [3.8, 4) is 0 Å². The van der Waals surface area contributed by atoms with Gasteiger partial charge in [0.1, 0.15) is 0 Å². The number of carbonyl (C=O) groups excluding carboxylic acids is 2. The van der Waals surface area contributed by atoms with Crippen molar-refractivity contribution in [2.24, 2.45) is 5.92 Å². The van der Waals surface area contributed by atoms with Crippen LogP contribution < -0.4 is 5.32 Å². The summed E-state index contributed by atoms with van der Waals surface area (Å²) >= 11 is 0. The van der Waals surface area contributed by atoms with Crippen LogP contribution in [0.4, 0.5) is 4.79 Å². The molecule has 1 aliphatic heterocycles. The van der Waals surface area contributed by atoms with Crippen molar-refractivity contribution in [1.82, 2.24) is 10.2 Å². The molecule has 0 saturated carbocycles. The Kier molecular flexibility index (Phi) is 4.04. The summed E-state index contributed by atoms with van der Waals surface area (Å²) in [7, 11) is 0. The lowest BCUT2D eigenvalue weighted by atomic mass is 10.2. The fraction of sp³-hybridized carbons (Fsp3) is 0.500. The molecule has 2 N–H and O–H groups in total. The molecule has 1 fully saturated rings. The smallest absolute Gasteiger partial charge is 0.328 e. The van der Waals surface area contributed by atoms with Crippen molar-refractivity contribution >= 4 is 17.9 Å². The first kappa shape index (κ1) is 12.2. The lowest BCUT2D eigenvalue weighted by Crippen LogP contribution is -2.41. The second-order valence-corrected chi connectivity index (χ2v) is 3.81.